The molecule has 0 amide bonds. The lowest BCUT2D eigenvalue weighted by Gasteiger charge is -2.13. The van der Waals surface area contributed by atoms with E-state index in [2.05, 4.69) is 28.2 Å². The highest BCUT2D eigenvalue weighted by molar-refractivity contribution is 9.10. The molecular formula is C16H16BrClFNO. The molecule has 0 atom stereocenters. The molecule has 1 N–H and O–H groups in total. The number of benzene rings is 2. The Hall–Kier alpha value is -1.10. The Kier molecular flexibility index (Phi) is 6.03. The zero-order chi connectivity index (χ0) is 15.2. The molecule has 0 saturated carbocycles. The zero-order valence-corrected chi connectivity index (χ0v) is 14.0. The number of halogens is 3. The van der Waals surface area contributed by atoms with Crippen molar-refractivity contribution in [3.8, 4) is 11.5 Å². The van der Waals surface area contributed by atoms with Crippen molar-refractivity contribution in [2.45, 2.75) is 19.9 Å². The number of rotatable bonds is 6. The minimum atomic E-state index is -0.383. The zero-order valence-electron chi connectivity index (χ0n) is 11.6. The molecule has 0 fully saturated rings. The molecule has 0 aliphatic carbocycles. The van der Waals surface area contributed by atoms with E-state index in [1.807, 2.05) is 18.2 Å². The number of nitrogens with one attached hydrogen (secondary N) is 1. The van der Waals surface area contributed by atoms with Crippen molar-refractivity contribution in [1.82, 2.24) is 5.32 Å². The molecule has 2 aromatic carbocycles. The Balaban J connectivity index is 2.22. The summed E-state index contributed by atoms with van der Waals surface area (Å²) in [4.78, 5) is 0. The van der Waals surface area contributed by atoms with Gasteiger partial charge in [-0.05, 0) is 43.3 Å². The molecule has 0 saturated heterocycles. The van der Waals surface area contributed by atoms with E-state index >= 15 is 0 Å². The highest BCUT2D eigenvalue weighted by Gasteiger charge is 2.09. The van der Waals surface area contributed by atoms with Gasteiger partial charge in [-0.25, -0.2) is 4.39 Å². The molecule has 0 spiro atoms. The second-order valence-electron chi connectivity index (χ2n) is 4.61. The second kappa shape index (κ2) is 7.78. The predicted octanol–water partition coefficient (Wildman–Crippen LogP) is 5.53. The first-order valence-electron chi connectivity index (χ1n) is 6.72. The normalized spacial score (nSPS) is 10.7. The minimum Gasteiger partial charge on any atom is -0.455 e. The first-order valence-corrected chi connectivity index (χ1v) is 7.89. The van der Waals surface area contributed by atoms with Crippen LogP contribution in [0.1, 0.15) is 18.9 Å². The molecule has 2 aromatic rings. The van der Waals surface area contributed by atoms with Crippen LogP contribution in [-0.2, 0) is 6.54 Å². The molecule has 0 aromatic heterocycles. The summed E-state index contributed by atoms with van der Waals surface area (Å²) >= 11 is 9.43. The SMILES string of the molecule is CCCNCc1ccc(Br)cc1Oc1ccc(F)cc1Cl. The maximum absolute atomic E-state index is 13.1. The fourth-order valence-corrected chi connectivity index (χ4v) is 2.39. The van der Waals surface area contributed by atoms with Gasteiger partial charge in [0.15, 0.2) is 0 Å². The van der Waals surface area contributed by atoms with Crippen LogP contribution < -0.4 is 10.1 Å². The van der Waals surface area contributed by atoms with E-state index in [0.717, 1.165) is 23.0 Å². The summed E-state index contributed by atoms with van der Waals surface area (Å²) in [6.45, 7) is 3.76. The molecule has 0 radical (unpaired) electrons. The van der Waals surface area contributed by atoms with Crippen LogP contribution in [0.4, 0.5) is 4.39 Å². The van der Waals surface area contributed by atoms with Crippen LogP contribution in [0.25, 0.3) is 0 Å². The van der Waals surface area contributed by atoms with Crippen molar-refractivity contribution in [2.75, 3.05) is 6.54 Å². The third-order valence-corrected chi connectivity index (χ3v) is 3.67. The first kappa shape index (κ1) is 16.3. The van der Waals surface area contributed by atoms with Crippen LogP contribution in [0.2, 0.25) is 5.02 Å². The highest BCUT2D eigenvalue weighted by atomic mass is 79.9. The molecule has 0 heterocycles. The molecule has 0 aliphatic rings. The van der Waals surface area contributed by atoms with Gasteiger partial charge in [-0.2, -0.15) is 0 Å². The molecule has 2 nitrogen and oxygen atoms in total. The molecule has 2 rings (SSSR count). The maximum Gasteiger partial charge on any atom is 0.146 e. The van der Waals surface area contributed by atoms with Gasteiger partial charge in [-0.1, -0.05) is 40.5 Å². The summed E-state index contributed by atoms with van der Waals surface area (Å²) in [5, 5.41) is 3.58. The molecule has 0 aliphatic heterocycles. The van der Waals surface area contributed by atoms with Gasteiger partial charge < -0.3 is 10.1 Å². The number of hydrogen-bond acceptors (Lipinski definition) is 2. The average molecular weight is 373 g/mol. The molecule has 112 valence electrons. The Morgan fingerprint density at radius 2 is 2.00 bits per heavy atom. The second-order valence-corrected chi connectivity index (χ2v) is 5.93. The van der Waals surface area contributed by atoms with Crippen LogP contribution >= 0.6 is 27.5 Å². The quantitative estimate of drug-likeness (QED) is 0.673. The van der Waals surface area contributed by atoms with E-state index in [1.165, 1.54) is 18.2 Å². The van der Waals surface area contributed by atoms with Crippen molar-refractivity contribution < 1.29 is 9.13 Å². The summed E-state index contributed by atoms with van der Waals surface area (Å²) in [6, 6.07) is 9.92. The standard InChI is InChI=1S/C16H16BrClFNO/c1-2-7-20-10-11-3-4-12(17)8-16(11)21-15-6-5-13(19)9-14(15)18/h3-6,8-9,20H,2,7,10H2,1H3. The van der Waals surface area contributed by atoms with Crippen LogP contribution in [-0.4, -0.2) is 6.54 Å². The average Bonchev–Trinajstić information content (AvgIpc) is 2.44. The third-order valence-electron chi connectivity index (χ3n) is 2.89. The maximum atomic E-state index is 13.1. The Bertz CT molecular complexity index is 621. The summed E-state index contributed by atoms with van der Waals surface area (Å²) in [6.07, 6.45) is 1.07. The van der Waals surface area contributed by atoms with Gasteiger partial charge in [0.2, 0.25) is 0 Å². The van der Waals surface area contributed by atoms with Crippen molar-refractivity contribution in [1.29, 1.82) is 0 Å². The fourth-order valence-electron chi connectivity index (χ4n) is 1.85. The van der Waals surface area contributed by atoms with E-state index in [9.17, 15) is 4.39 Å². The molecule has 0 unspecified atom stereocenters. The topological polar surface area (TPSA) is 21.3 Å². The molecule has 5 heteroatoms. The molecule has 0 bridgehead atoms. The first-order chi connectivity index (χ1) is 10.1. The van der Waals surface area contributed by atoms with Crippen LogP contribution in [0.15, 0.2) is 40.9 Å². The monoisotopic (exact) mass is 371 g/mol. The van der Waals surface area contributed by atoms with Crippen molar-refractivity contribution in [3.63, 3.8) is 0 Å². The summed E-state index contributed by atoms with van der Waals surface area (Å²) < 4.78 is 19.8. The van der Waals surface area contributed by atoms with Crippen molar-refractivity contribution in [3.05, 3.63) is 57.3 Å². The van der Waals surface area contributed by atoms with Gasteiger partial charge in [0, 0.05) is 16.6 Å². The largest absolute Gasteiger partial charge is 0.455 e. The lowest BCUT2D eigenvalue weighted by atomic mass is 10.2. The smallest absolute Gasteiger partial charge is 0.146 e. The van der Waals surface area contributed by atoms with E-state index < -0.39 is 0 Å². The van der Waals surface area contributed by atoms with Gasteiger partial charge in [0.25, 0.3) is 0 Å². The molecular weight excluding hydrogens is 357 g/mol. The Morgan fingerprint density at radius 1 is 1.19 bits per heavy atom. The molecule has 21 heavy (non-hydrogen) atoms. The van der Waals surface area contributed by atoms with Gasteiger partial charge in [-0.15, -0.1) is 0 Å². The minimum absolute atomic E-state index is 0.252. The summed E-state index contributed by atoms with van der Waals surface area (Å²) in [7, 11) is 0. The van der Waals surface area contributed by atoms with Crippen LogP contribution in [0.5, 0.6) is 11.5 Å². The summed E-state index contributed by atoms with van der Waals surface area (Å²) in [5.41, 5.74) is 1.02. The number of hydrogen-bond donors (Lipinski definition) is 1. The van der Waals surface area contributed by atoms with E-state index in [-0.39, 0.29) is 10.8 Å². The fraction of sp³-hybridized carbons (Fsp3) is 0.250. The lowest BCUT2D eigenvalue weighted by Crippen LogP contribution is -2.14. The van der Waals surface area contributed by atoms with E-state index in [0.29, 0.717) is 18.0 Å². The van der Waals surface area contributed by atoms with Gasteiger partial charge in [-0.3, -0.25) is 0 Å². The predicted molar refractivity (Wildman–Crippen MR) is 87.6 cm³/mol. The van der Waals surface area contributed by atoms with Gasteiger partial charge in [0.05, 0.1) is 5.02 Å². The van der Waals surface area contributed by atoms with Crippen molar-refractivity contribution >= 4 is 27.5 Å². The van der Waals surface area contributed by atoms with Crippen LogP contribution in [0.3, 0.4) is 0 Å². The Labute approximate surface area is 137 Å². The van der Waals surface area contributed by atoms with Gasteiger partial charge in [0.1, 0.15) is 17.3 Å². The van der Waals surface area contributed by atoms with Crippen LogP contribution in [0, 0.1) is 5.82 Å². The van der Waals surface area contributed by atoms with Crippen molar-refractivity contribution in [2.24, 2.45) is 0 Å². The third kappa shape index (κ3) is 4.70. The Morgan fingerprint density at radius 3 is 2.71 bits per heavy atom. The van der Waals surface area contributed by atoms with E-state index in [4.69, 9.17) is 16.3 Å². The van der Waals surface area contributed by atoms with E-state index in [1.54, 1.807) is 0 Å². The highest BCUT2D eigenvalue weighted by Crippen LogP contribution is 2.33. The number of ether oxygens (including phenoxy) is 1. The summed E-state index contributed by atoms with van der Waals surface area (Å²) in [5.74, 6) is 0.751. The lowest BCUT2D eigenvalue weighted by molar-refractivity contribution is 0.470. The van der Waals surface area contributed by atoms with Gasteiger partial charge >= 0.3 is 0 Å².